The predicted octanol–water partition coefficient (Wildman–Crippen LogP) is 2.14. The first-order valence-corrected chi connectivity index (χ1v) is 5.05. The second-order valence-electron chi connectivity index (χ2n) is 3.57. The van der Waals surface area contributed by atoms with Crippen molar-refractivity contribution in [3.63, 3.8) is 0 Å². The quantitative estimate of drug-likeness (QED) is 0.834. The number of aromatic nitrogens is 2. The van der Waals surface area contributed by atoms with Gasteiger partial charge in [-0.2, -0.15) is 0 Å². The van der Waals surface area contributed by atoms with Crippen molar-refractivity contribution >= 4 is 11.6 Å². The maximum atomic E-state index is 10.9. The van der Waals surface area contributed by atoms with Crippen molar-refractivity contribution in [1.29, 1.82) is 0 Å². The van der Waals surface area contributed by atoms with Gasteiger partial charge in [-0.05, 0) is 31.2 Å². The molecule has 1 amide bonds. The van der Waals surface area contributed by atoms with Crippen LogP contribution < -0.4 is 5.32 Å². The molecule has 0 saturated carbocycles. The summed E-state index contributed by atoms with van der Waals surface area (Å²) in [5.41, 5.74) is 1.83. The molecule has 0 saturated heterocycles. The van der Waals surface area contributed by atoms with E-state index in [9.17, 15) is 4.79 Å². The lowest BCUT2D eigenvalue weighted by atomic mass is 10.2. The maximum Gasteiger partial charge on any atom is 0.221 e. The molecule has 82 valence electrons. The zero-order chi connectivity index (χ0) is 11.5. The molecule has 16 heavy (non-hydrogen) atoms. The molecule has 1 heterocycles. The van der Waals surface area contributed by atoms with Crippen molar-refractivity contribution in [1.82, 2.24) is 9.55 Å². The molecule has 0 aliphatic carbocycles. The monoisotopic (exact) mass is 215 g/mol. The van der Waals surface area contributed by atoms with Gasteiger partial charge in [0, 0.05) is 30.7 Å². The molecule has 1 aromatic carbocycles. The van der Waals surface area contributed by atoms with Crippen LogP contribution in [0.3, 0.4) is 0 Å². The van der Waals surface area contributed by atoms with Gasteiger partial charge in [0.1, 0.15) is 5.82 Å². The van der Waals surface area contributed by atoms with Gasteiger partial charge in [-0.3, -0.25) is 4.79 Å². The third-order valence-corrected chi connectivity index (χ3v) is 2.29. The first kappa shape index (κ1) is 10.4. The molecule has 0 radical (unpaired) electrons. The lowest BCUT2D eigenvalue weighted by Gasteiger charge is -2.06. The van der Waals surface area contributed by atoms with Crippen molar-refractivity contribution in [3.05, 3.63) is 42.5 Å². The summed E-state index contributed by atoms with van der Waals surface area (Å²) in [6.07, 6.45) is 3.67. The smallest absolute Gasteiger partial charge is 0.221 e. The topological polar surface area (TPSA) is 46.9 Å². The zero-order valence-corrected chi connectivity index (χ0v) is 9.27. The highest BCUT2D eigenvalue weighted by atomic mass is 16.1. The largest absolute Gasteiger partial charge is 0.326 e. The summed E-state index contributed by atoms with van der Waals surface area (Å²) >= 11 is 0. The average molecular weight is 215 g/mol. The number of nitrogens with zero attached hydrogens (tertiary/aromatic N) is 2. The fourth-order valence-electron chi connectivity index (χ4n) is 1.56. The van der Waals surface area contributed by atoms with E-state index in [1.54, 1.807) is 6.20 Å². The number of aryl methyl sites for hydroxylation is 1. The van der Waals surface area contributed by atoms with Crippen LogP contribution in [-0.2, 0) is 4.79 Å². The van der Waals surface area contributed by atoms with Crippen LogP contribution in [0.5, 0.6) is 0 Å². The van der Waals surface area contributed by atoms with Gasteiger partial charge in [-0.15, -0.1) is 0 Å². The van der Waals surface area contributed by atoms with E-state index in [1.165, 1.54) is 6.92 Å². The van der Waals surface area contributed by atoms with Crippen molar-refractivity contribution in [3.8, 4) is 5.69 Å². The van der Waals surface area contributed by atoms with E-state index >= 15 is 0 Å². The minimum atomic E-state index is -0.0634. The predicted molar refractivity (Wildman–Crippen MR) is 62.6 cm³/mol. The Kier molecular flexibility index (Phi) is 2.72. The summed E-state index contributed by atoms with van der Waals surface area (Å²) < 4.78 is 1.98. The number of imidazole rings is 1. The number of amides is 1. The third kappa shape index (κ3) is 2.11. The van der Waals surface area contributed by atoms with Crippen LogP contribution in [0.2, 0.25) is 0 Å². The first-order chi connectivity index (χ1) is 7.66. The van der Waals surface area contributed by atoms with E-state index in [0.29, 0.717) is 0 Å². The normalized spacial score (nSPS) is 10.1. The van der Waals surface area contributed by atoms with Crippen LogP contribution in [0.25, 0.3) is 5.69 Å². The number of nitrogens with one attached hydrogen (secondary N) is 1. The van der Waals surface area contributed by atoms with E-state index in [0.717, 1.165) is 17.2 Å². The Balaban J connectivity index is 2.26. The van der Waals surface area contributed by atoms with Crippen molar-refractivity contribution in [2.45, 2.75) is 13.8 Å². The van der Waals surface area contributed by atoms with Gasteiger partial charge in [-0.1, -0.05) is 0 Å². The highest BCUT2D eigenvalue weighted by Gasteiger charge is 2.00. The molecule has 2 rings (SSSR count). The minimum absolute atomic E-state index is 0.0634. The molecular formula is C12H13N3O. The molecule has 0 unspecified atom stereocenters. The summed E-state index contributed by atoms with van der Waals surface area (Å²) in [5.74, 6) is 0.874. The summed E-state index contributed by atoms with van der Waals surface area (Å²) in [4.78, 5) is 15.0. The van der Waals surface area contributed by atoms with Gasteiger partial charge < -0.3 is 9.88 Å². The molecule has 2 aromatic rings. The number of carbonyl (C=O) groups is 1. The lowest BCUT2D eigenvalue weighted by Crippen LogP contribution is -2.05. The summed E-state index contributed by atoms with van der Waals surface area (Å²) in [5, 5.41) is 2.73. The Morgan fingerprint density at radius 3 is 2.50 bits per heavy atom. The molecule has 0 aliphatic heterocycles. The first-order valence-electron chi connectivity index (χ1n) is 5.05. The molecule has 1 N–H and O–H groups in total. The van der Waals surface area contributed by atoms with Crippen LogP contribution in [0.15, 0.2) is 36.7 Å². The van der Waals surface area contributed by atoms with Crippen molar-refractivity contribution in [2.24, 2.45) is 0 Å². The number of hydrogen-bond acceptors (Lipinski definition) is 2. The van der Waals surface area contributed by atoms with Crippen LogP contribution >= 0.6 is 0 Å². The molecule has 0 aliphatic rings. The number of anilines is 1. The third-order valence-electron chi connectivity index (χ3n) is 2.29. The van der Waals surface area contributed by atoms with Gasteiger partial charge in [0.15, 0.2) is 0 Å². The van der Waals surface area contributed by atoms with Gasteiger partial charge in [0.05, 0.1) is 0 Å². The second-order valence-corrected chi connectivity index (χ2v) is 3.57. The Hall–Kier alpha value is -2.10. The number of rotatable bonds is 2. The number of benzene rings is 1. The van der Waals surface area contributed by atoms with E-state index < -0.39 is 0 Å². The van der Waals surface area contributed by atoms with Gasteiger partial charge in [0.25, 0.3) is 0 Å². The molecule has 0 atom stereocenters. The zero-order valence-electron chi connectivity index (χ0n) is 9.27. The summed E-state index contributed by atoms with van der Waals surface area (Å²) in [7, 11) is 0. The SMILES string of the molecule is CC(=O)Nc1ccc(-n2ccnc2C)cc1. The Labute approximate surface area is 93.9 Å². The van der Waals surface area contributed by atoms with E-state index in [4.69, 9.17) is 0 Å². The average Bonchev–Trinajstić information content (AvgIpc) is 2.65. The van der Waals surface area contributed by atoms with E-state index in [1.807, 2.05) is 42.0 Å². The molecule has 0 spiro atoms. The maximum absolute atomic E-state index is 10.9. The van der Waals surface area contributed by atoms with E-state index in [2.05, 4.69) is 10.3 Å². The van der Waals surface area contributed by atoms with E-state index in [-0.39, 0.29) is 5.91 Å². The van der Waals surface area contributed by atoms with Crippen molar-refractivity contribution in [2.75, 3.05) is 5.32 Å². The van der Waals surface area contributed by atoms with Crippen molar-refractivity contribution < 1.29 is 4.79 Å². The Bertz CT molecular complexity index is 499. The van der Waals surface area contributed by atoms with Crippen LogP contribution in [0.1, 0.15) is 12.7 Å². The highest BCUT2D eigenvalue weighted by Crippen LogP contribution is 2.14. The molecule has 4 heteroatoms. The standard InChI is InChI=1S/C12H13N3O/c1-9-13-7-8-15(9)12-5-3-11(4-6-12)14-10(2)16/h3-8H,1-2H3,(H,14,16). The second kappa shape index (κ2) is 4.18. The number of carbonyl (C=O) groups excluding carboxylic acids is 1. The highest BCUT2D eigenvalue weighted by molar-refractivity contribution is 5.88. The molecule has 4 nitrogen and oxygen atoms in total. The fraction of sp³-hybridized carbons (Fsp3) is 0.167. The van der Waals surface area contributed by atoms with Crippen LogP contribution in [0.4, 0.5) is 5.69 Å². The Morgan fingerprint density at radius 2 is 2.00 bits per heavy atom. The Morgan fingerprint density at radius 1 is 1.31 bits per heavy atom. The molecular weight excluding hydrogens is 202 g/mol. The summed E-state index contributed by atoms with van der Waals surface area (Å²) in [6, 6.07) is 7.63. The molecule has 0 fully saturated rings. The van der Waals surface area contributed by atoms with Crippen LogP contribution in [-0.4, -0.2) is 15.5 Å². The van der Waals surface area contributed by atoms with Gasteiger partial charge >= 0.3 is 0 Å². The lowest BCUT2D eigenvalue weighted by molar-refractivity contribution is -0.114. The number of hydrogen-bond donors (Lipinski definition) is 1. The molecule has 1 aromatic heterocycles. The minimum Gasteiger partial charge on any atom is -0.326 e. The van der Waals surface area contributed by atoms with Gasteiger partial charge in [0.2, 0.25) is 5.91 Å². The summed E-state index contributed by atoms with van der Waals surface area (Å²) in [6.45, 7) is 3.44. The molecule has 0 bridgehead atoms. The van der Waals surface area contributed by atoms with Gasteiger partial charge in [-0.25, -0.2) is 4.98 Å². The van der Waals surface area contributed by atoms with Crippen LogP contribution in [0, 0.1) is 6.92 Å². The fourth-order valence-corrected chi connectivity index (χ4v) is 1.56.